The molecule has 0 saturated carbocycles. The van der Waals surface area contributed by atoms with Crippen LogP contribution in [0, 0.1) is 6.92 Å². The van der Waals surface area contributed by atoms with Gasteiger partial charge in [0.2, 0.25) is 0 Å². The molecule has 3 N–H and O–H groups in total. The van der Waals surface area contributed by atoms with Crippen molar-refractivity contribution in [1.29, 1.82) is 0 Å². The number of carbonyl (C=O) groups is 1. The molecule has 0 amide bonds. The lowest BCUT2D eigenvalue weighted by molar-refractivity contribution is -0.138. The van der Waals surface area contributed by atoms with Gasteiger partial charge in [0.1, 0.15) is 0 Å². The average Bonchev–Trinajstić information content (AvgIpc) is 2.78. The van der Waals surface area contributed by atoms with Crippen molar-refractivity contribution in [2.24, 2.45) is 0 Å². The molecule has 1 unspecified atom stereocenters. The summed E-state index contributed by atoms with van der Waals surface area (Å²) in [6.45, 7) is 3.00. The number of carboxylic acids is 1. The largest absolute Gasteiger partial charge is 0.481 e. The molecule has 0 bridgehead atoms. The van der Waals surface area contributed by atoms with E-state index in [4.69, 9.17) is 9.66 Å². The number of carboxylic acid groups (broad SMARTS) is 1. The van der Waals surface area contributed by atoms with Crippen molar-refractivity contribution in [2.45, 2.75) is 24.7 Å². The first-order chi connectivity index (χ1) is 10.1. The molecule has 0 saturated heterocycles. The Labute approximate surface area is 125 Å². The highest BCUT2D eigenvalue weighted by Gasteiger charge is 2.19. The molecular formula is C13H14N2O6S. The lowest BCUT2D eigenvalue weighted by Gasteiger charge is -2.08. The van der Waals surface area contributed by atoms with E-state index in [0.29, 0.717) is 11.3 Å². The molecule has 1 aromatic carbocycles. The van der Waals surface area contributed by atoms with Gasteiger partial charge in [-0.15, -0.1) is 0 Å². The summed E-state index contributed by atoms with van der Waals surface area (Å²) in [6.07, 6.45) is 0. The van der Waals surface area contributed by atoms with Gasteiger partial charge in [-0.05, 0) is 37.6 Å². The fourth-order valence-corrected chi connectivity index (χ4v) is 2.55. The molecular weight excluding hydrogens is 312 g/mol. The summed E-state index contributed by atoms with van der Waals surface area (Å²) < 4.78 is 32.3. The van der Waals surface area contributed by atoms with Gasteiger partial charge in [-0.1, -0.05) is 0 Å². The molecule has 1 atom stereocenters. The van der Waals surface area contributed by atoms with Crippen LogP contribution in [0.2, 0.25) is 0 Å². The van der Waals surface area contributed by atoms with Crippen LogP contribution in [0.4, 0.5) is 0 Å². The van der Waals surface area contributed by atoms with E-state index in [1.807, 2.05) is 0 Å². The first-order valence-electron chi connectivity index (χ1n) is 6.24. The molecule has 2 rings (SSSR count). The molecule has 8 nitrogen and oxygen atoms in total. The number of nitrogens with zero attached hydrogens (tertiary/aromatic N) is 1. The van der Waals surface area contributed by atoms with Gasteiger partial charge in [0, 0.05) is 6.07 Å². The number of aliphatic carboxylic acids is 1. The lowest BCUT2D eigenvalue weighted by atomic mass is 10.1. The first-order valence-corrected chi connectivity index (χ1v) is 7.68. The normalized spacial score (nSPS) is 13.0. The maximum Gasteiger partial charge on any atom is 0.312 e. The van der Waals surface area contributed by atoms with Gasteiger partial charge in [0.25, 0.3) is 15.7 Å². The van der Waals surface area contributed by atoms with E-state index in [1.165, 1.54) is 25.1 Å². The molecule has 1 aromatic heterocycles. The molecule has 0 spiro atoms. The number of hydrogen-bond acceptors (Lipinski definition) is 4. The Balaban J connectivity index is 2.54. The fraction of sp³-hybridized carbons (Fsp3) is 0.231. The Kier molecular flexibility index (Phi) is 3.94. The van der Waals surface area contributed by atoms with E-state index in [0.717, 1.165) is 10.7 Å². The number of rotatable bonds is 4. The van der Waals surface area contributed by atoms with Crippen LogP contribution in [-0.2, 0) is 14.9 Å². The number of H-pyrrole nitrogens is 1. The molecule has 1 heterocycles. The summed E-state index contributed by atoms with van der Waals surface area (Å²) in [6, 6.07) is 4.91. The van der Waals surface area contributed by atoms with E-state index < -0.39 is 27.6 Å². The number of hydrogen-bond donors (Lipinski definition) is 3. The summed E-state index contributed by atoms with van der Waals surface area (Å²) in [5.41, 5.74) is 0.552. The Bertz CT molecular complexity index is 893. The zero-order valence-electron chi connectivity index (χ0n) is 11.8. The average molecular weight is 326 g/mol. The molecule has 118 valence electrons. The number of aromatic nitrogens is 2. The summed E-state index contributed by atoms with van der Waals surface area (Å²) in [7, 11) is -4.33. The molecule has 0 aliphatic carbocycles. The molecule has 9 heteroatoms. The Hall–Kier alpha value is -2.39. The van der Waals surface area contributed by atoms with Crippen molar-refractivity contribution in [1.82, 2.24) is 9.78 Å². The minimum atomic E-state index is -4.33. The van der Waals surface area contributed by atoms with Crippen LogP contribution in [0.15, 0.2) is 34.0 Å². The second kappa shape index (κ2) is 5.43. The quantitative estimate of drug-likeness (QED) is 0.716. The van der Waals surface area contributed by atoms with Gasteiger partial charge in [-0.2, -0.15) is 8.42 Å². The van der Waals surface area contributed by atoms with Crippen LogP contribution in [0.3, 0.4) is 0 Å². The van der Waals surface area contributed by atoms with Crippen molar-refractivity contribution in [3.8, 4) is 5.69 Å². The van der Waals surface area contributed by atoms with E-state index in [9.17, 15) is 18.0 Å². The first kappa shape index (κ1) is 16.0. The van der Waals surface area contributed by atoms with E-state index in [2.05, 4.69) is 5.10 Å². The van der Waals surface area contributed by atoms with Crippen molar-refractivity contribution >= 4 is 16.1 Å². The SMILES string of the molecule is Cc1cc(S(=O)(=O)O)ccc1-n1[nH]c(C(C)C(=O)O)cc1=O. The molecule has 2 aromatic rings. The minimum Gasteiger partial charge on any atom is -0.481 e. The molecule has 22 heavy (non-hydrogen) atoms. The topological polar surface area (TPSA) is 129 Å². The summed E-state index contributed by atoms with van der Waals surface area (Å²) >= 11 is 0. The highest BCUT2D eigenvalue weighted by molar-refractivity contribution is 7.85. The van der Waals surface area contributed by atoms with Crippen molar-refractivity contribution in [2.75, 3.05) is 0 Å². The van der Waals surface area contributed by atoms with Gasteiger partial charge in [-0.3, -0.25) is 19.2 Å². The van der Waals surface area contributed by atoms with Gasteiger partial charge in [-0.25, -0.2) is 4.68 Å². The summed E-state index contributed by atoms with van der Waals surface area (Å²) in [5, 5.41) is 11.7. The Morgan fingerprint density at radius 3 is 2.45 bits per heavy atom. The van der Waals surface area contributed by atoms with Gasteiger partial charge in [0.05, 0.1) is 22.2 Å². The smallest absolute Gasteiger partial charge is 0.312 e. The Morgan fingerprint density at radius 2 is 1.95 bits per heavy atom. The minimum absolute atomic E-state index is 0.232. The molecule has 0 radical (unpaired) electrons. The van der Waals surface area contributed by atoms with Gasteiger partial charge < -0.3 is 5.11 Å². The van der Waals surface area contributed by atoms with Gasteiger partial charge >= 0.3 is 5.97 Å². The zero-order valence-corrected chi connectivity index (χ0v) is 12.6. The highest BCUT2D eigenvalue weighted by atomic mass is 32.2. The predicted molar refractivity (Wildman–Crippen MR) is 77.0 cm³/mol. The summed E-state index contributed by atoms with van der Waals surface area (Å²) in [5.74, 6) is -1.96. The zero-order chi connectivity index (χ0) is 16.7. The molecule has 0 aliphatic heterocycles. The van der Waals surface area contributed by atoms with Crippen LogP contribution in [-0.4, -0.2) is 33.8 Å². The van der Waals surface area contributed by atoms with Crippen LogP contribution in [0.5, 0.6) is 0 Å². The van der Waals surface area contributed by atoms with Gasteiger partial charge in [0.15, 0.2) is 0 Å². The van der Waals surface area contributed by atoms with Crippen LogP contribution in [0.1, 0.15) is 24.1 Å². The number of aromatic amines is 1. The summed E-state index contributed by atoms with van der Waals surface area (Å²) in [4.78, 5) is 22.6. The van der Waals surface area contributed by atoms with Crippen molar-refractivity contribution in [3.05, 3.63) is 45.9 Å². The monoisotopic (exact) mass is 326 g/mol. The third kappa shape index (κ3) is 2.95. The number of aryl methyl sites for hydroxylation is 1. The maximum atomic E-state index is 12.0. The number of benzene rings is 1. The second-order valence-corrected chi connectivity index (χ2v) is 6.29. The van der Waals surface area contributed by atoms with Crippen molar-refractivity contribution < 1.29 is 22.9 Å². The van der Waals surface area contributed by atoms with E-state index in [-0.39, 0.29) is 10.6 Å². The van der Waals surface area contributed by atoms with Crippen LogP contribution in [0.25, 0.3) is 5.69 Å². The van der Waals surface area contributed by atoms with Crippen molar-refractivity contribution in [3.63, 3.8) is 0 Å². The Morgan fingerprint density at radius 1 is 1.32 bits per heavy atom. The standard InChI is InChI=1S/C13H14N2O6S/c1-7-5-9(22(19,20)21)3-4-11(7)15-12(16)6-10(14-15)8(2)13(17)18/h3-6,8,14H,1-2H3,(H,17,18)(H,19,20,21). The second-order valence-electron chi connectivity index (χ2n) is 4.87. The maximum absolute atomic E-state index is 12.0. The van der Waals surface area contributed by atoms with Crippen LogP contribution >= 0.6 is 0 Å². The van der Waals surface area contributed by atoms with Crippen LogP contribution < -0.4 is 5.56 Å². The lowest BCUT2D eigenvalue weighted by Crippen LogP contribution is -2.15. The van der Waals surface area contributed by atoms with E-state index in [1.54, 1.807) is 6.92 Å². The third-order valence-electron chi connectivity index (χ3n) is 3.28. The molecule has 0 aliphatic rings. The number of nitrogens with one attached hydrogen (secondary N) is 1. The molecule has 0 fully saturated rings. The third-order valence-corrected chi connectivity index (χ3v) is 4.13. The fourth-order valence-electron chi connectivity index (χ4n) is 1.99. The highest BCUT2D eigenvalue weighted by Crippen LogP contribution is 2.19. The predicted octanol–water partition coefficient (Wildman–Crippen LogP) is 0.909. The van der Waals surface area contributed by atoms with E-state index >= 15 is 0 Å².